The molecule has 3 nitrogen and oxygen atoms in total. The van der Waals surface area contributed by atoms with Crippen LogP contribution in [0.1, 0.15) is 50.8 Å². The molecule has 2 aromatic rings. The fraction of sp³-hybridized carbons (Fsp3) is 0.435. The van der Waals surface area contributed by atoms with Crippen LogP contribution < -0.4 is 5.32 Å². The SMILES string of the molecule is CC(C)(C)C(=O)NC1CCN(C(c2ccccc2)c2ccccc2)CC1. The Bertz CT molecular complexity index is 658. The fourth-order valence-corrected chi connectivity index (χ4v) is 3.59. The van der Waals surface area contributed by atoms with E-state index in [4.69, 9.17) is 0 Å². The van der Waals surface area contributed by atoms with Gasteiger partial charge in [-0.15, -0.1) is 0 Å². The van der Waals surface area contributed by atoms with Crippen LogP contribution in [0.4, 0.5) is 0 Å². The molecule has 3 rings (SSSR count). The number of hydrogen-bond donors (Lipinski definition) is 1. The Labute approximate surface area is 157 Å². The molecular weight excluding hydrogens is 320 g/mol. The molecule has 0 spiro atoms. The lowest BCUT2D eigenvalue weighted by Gasteiger charge is -2.39. The first kappa shape index (κ1) is 18.7. The highest BCUT2D eigenvalue weighted by atomic mass is 16.2. The van der Waals surface area contributed by atoms with Crippen LogP contribution in [-0.4, -0.2) is 29.9 Å². The molecule has 2 aromatic carbocycles. The third-order valence-electron chi connectivity index (χ3n) is 5.14. The van der Waals surface area contributed by atoms with Crippen LogP contribution in [0.3, 0.4) is 0 Å². The molecule has 0 unspecified atom stereocenters. The summed E-state index contributed by atoms with van der Waals surface area (Å²) in [5, 5.41) is 3.23. The van der Waals surface area contributed by atoms with Gasteiger partial charge in [-0.3, -0.25) is 9.69 Å². The van der Waals surface area contributed by atoms with Gasteiger partial charge in [-0.25, -0.2) is 0 Å². The first-order chi connectivity index (χ1) is 12.4. The summed E-state index contributed by atoms with van der Waals surface area (Å²) in [6, 6.07) is 22.0. The summed E-state index contributed by atoms with van der Waals surface area (Å²) < 4.78 is 0. The first-order valence-electron chi connectivity index (χ1n) is 9.60. The van der Waals surface area contributed by atoms with Crippen molar-refractivity contribution in [1.82, 2.24) is 10.2 Å². The highest BCUT2D eigenvalue weighted by Gasteiger charge is 2.30. The summed E-state index contributed by atoms with van der Waals surface area (Å²) in [6.07, 6.45) is 2.00. The molecule has 1 heterocycles. The van der Waals surface area contributed by atoms with E-state index in [0.717, 1.165) is 25.9 Å². The van der Waals surface area contributed by atoms with Crippen molar-refractivity contribution in [2.45, 2.75) is 45.7 Å². The second-order valence-electron chi connectivity index (χ2n) is 8.26. The predicted octanol–water partition coefficient (Wildman–Crippen LogP) is 4.40. The molecule has 0 aliphatic carbocycles. The van der Waals surface area contributed by atoms with E-state index >= 15 is 0 Å². The fourth-order valence-electron chi connectivity index (χ4n) is 3.59. The number of amides is 1. The molecule has 0 saturated carbocycles. The monoisotopic (exact) mass is 350 g/mol. The normalized spacial score (nSPS) is 16.6. The maximum absolute atomic E-state index is 12.3. The van der Waals surface area contributed by atoms with Gasteiger partial charge in [0, 0.05) is 24.5 Å². The van der Waals surface area contributed by atoms with Crippen molar-refractivity contribution >= 4 is 5.91 Å². The van der Waals surface area contributed by atoms with Gasteiger partial charge < -0.3 is 5.32 Å². The van der Waals surface area contributed by atoms with Crippen molar-refractivity contribution in [3.05, 3.63) is 71.8 Å². The Morgan fingerprint density at radius 2 is 1.38 bits per heavy atom. The van der Waals surface area contributed by atoms with Gasteiger partial charge in [0.05, 0.1) is 6.04 Å². The van der Waals surface area contributed by atoms with Gasteiger partial charge in [-0.2, -0.15) is 0 Å². The number of carbonyl (C=O) groups excluding carboxylic acids is 1. The van der Waals surface area contributed by atoms with Crippen molar-refractivity contribution in [3.63, 3.8) is 0 Å². The van der Waals surface area contributed by atoms with Crippen molar-refractivity contribution in [2.24, 2.45) is 5.41 Å². The summed E-state index contributed by atoms with van der Waals surface area (Å²) in [6.45, 7) is 7.89. The van der Waals surface area contributed by atoms with Crippen molar-refractivity contribution in [3.8, 4) is 0 Å². The predicted molar refractivity (Wildman–Crippen MR) is 107 cm³/mol. The van der Waals surface area contributed by atoms with Crippen LogP contribution in [0, 0.1) is 5.41 Å². The Morgan fingerprint density at radius 1 is 0.923 bits per heavy atom. The van der Waals surface area contributed by atoms with Crippen LogP contribution in [-0.2, 0) is 4.79 Å². The maximum atomic E-state index is 12.3. The molecule has 1 aliphatic heterocycles. The quantitative estimate of drug-likeness (QED) is 0.886. The highest BCUT2D eigenvalue weighted by Crippen LogP contribution is 2.31. The second kappa shape index (κ2) is 8.05. The molecule has 138 valence electrons. The third-order valence-corrected chi connectivity index (χ3v) is 5.14. The van der Waals surface area contributed by atoms with E-state index < -0.39 is 0 Å². The molecule has 0 radical (unpaired) electrons. The number of likely N-dealkylation sites (tertiary alicyclic amines) is 1. The Hall–Kier alpha value is -2.13. The van der Waals surface area contributed by atoms with E-state index in [0.29, 0.717) is 0 Å². The molecule has 3 heteroatoms. The van der Waals surface area contributed by atoms with Crippen molar-refractivity contribution in [2.75, 3.05) is 13.1 Å². The smallest absolute Gasteiger partial charge is 0.225 e. The maximum Gasteiger partial charge on any atom is 0.225 e. The number of nitrogens with zero attached hydrogens (tertiary/aromatic N) is 1. The standard InChI is InChI=1S/C23H30N2O/c1-23(2,3)22(26)24-20-14-16-25(17-15-20)21(18-10-6-4-7-11-18)19-12-8-5-9-13-19/h4-13,20-21H,14-17H2,1-3H3,(H,24,26). The van der Waals surface area contributed by atoms with Crippen LogP contribution in [0.5, 0.6) is 0 Å². The number of carbonyl (C=O) groups is 1. The van der Waals surface area contributed by atoms with Gasteiger partial charge in [-0.05, 0) is 24.0 Å². The average molecular weight is 351 g/mol. The Kier molecular flexibility index (Phi) is 5.77. The minimum absolute atomic E-state index is 0.151. The zero-order chi connectivity index (χ0) is 18.6. The van der Waals surface area contributed by atoms with Crippen LogP contribution in [0.2, 0.25) is 0 Å². The van der Waals surface area contributed by atoms with Gasteiger partial charge in [0.15, 0.2) is 0 Å². The van der Waals surface area contributed by atoms with E-state index in [1.165, 1.54) is 11.1 Å². The number of rotatable bonds is 4. The molecule has 1 saturated heterocycles. The second-order valence-corrected chi connectivity index (χ2v) is 8.26. The van der Waals surface area contributed by atoms with E-state index in [9.17, 15) is 4.79 Å². The van der Waals surface area contributed by atoms with Crippen LogP contribution >= 0.6 is 0 Å². The molecule has 0 aromatic heterocycles. The van der Waals surface area contributed by atoms with E-state index in [1.807, 2.05) is 20.8 Å². The average Bonchev–Trinajstić information content (AvgIpc) is 2.64. The first-order valence-corrected chi connectivity index (χ1v) is 9.60. The zero-order valence-electron chi connectivity index (χ0n) is 16.1. The van der Waals surface area contributed by atoms with Crippen molar-refractivity contribution in [1.29, 1.82) is 0 Å². The molecule has 26 heavy (non-hydrogen) atoms. The zero-order valence-corrected chi connectivity index (χ0v) is 16.1. The summed E-state index contributed by atoms with van der Waals surface area (Å²) in [4.78, 5) is 14.8. The molecular formula is C23H30N2O. The minimum Gasteiger partial charge on any atom is -0.353 e. The summed E-state index contributed by atoms with van der Waals surface area (Å²) in [5.74, 6) is 0.151. The molecule has 0 bridgehead atoms. The summed E-state index contributed by atoms with van der Waals surface area (Å²) >= 11 is 0. The van der Waals surface area contributed by atoms with Crippen LogP contribution in [0.15, 0.2) is 60.7 Å². The van der Waals surface area contributed by atoms with Crippen LogP contribution in [0.25, 0.3) is 0 Å². The van der Waals surface area contributed by atoms with Gasteiger partial charge in [0.2, 0.25) is 5.91 Å². The van der Waals surface area contributed by atoms with Gasteiger partial charge >= 0.3 is 0 Å². The molecule has 1 N–H and O–H groups in total. The molecule has 1 aliphatic rings. The van der Waals surface area contributed by atoms with Crippen molar-refractivity contribution < 1.29 is 4.79 Å². The lowest BCUT2D eigenvalue weighted by atomic mass is 9.92. The number of piperidine rings is 1. The van der Waals surface area contributed by atoms with E-state index in [1.54, 1.807) is 0 Å². The lowest BCUT2D eigenvalue weighted by Crippen LogP contribution is -2.48. The third kappa shape index (κ3) is 4.53. The highest BCUT2D eigenvalue weighted by molar-refractivity contribution is 5.81. The Morgan fingerprint density at radius 3 is 1.81 bits per heavy atom. The topological polar surface area (TPSA) is 32.3 Å². The lowest BCUT2D eigenvalue weighted by molar-refractivity contribution is -0.129. The summed E-state index contributed by atoms with van der Waals surface area (Å²) in [7, 11) is 0. The van der Waals surface area contributed by atoms with E-state index in [-0.39, 0.29) is 23.4 Å². The number of hydrogen-bond acceptors (Lipinski definition) is 2. The summed E-state index contributed by atoms with van der Waals surface area (Å²) in [5.41, 5.74) is 2.33. The number of benzene rings is 2. The molecule has 1 fully saturated rings. The Balaban J connectivity index is 1.71. The molecule has 0 atom stereocenters. The molecule has 1 amide bonds. The van der Waals surface area contributed by atoms with Gasteiger partial charge in [-0.1, -0.05) is 81.4 Å². The number of nitrogens with one attached hydrogen (secondary N) is 1. The van der Waals surface area contributed by atoms with E-state index in [2.05, 4.69) is 70.9 Å². The minimum atomic E-state index is -0.326. The van der Waals surface area contributed by atoms with Gasteiger partial charge in [0.1, 0.15) is 0 Å². The largest absolute Gasteiger partial charge is 0.353 e. The van der Waals surface area contributed by atoms with Gasteiger partial charge in [0.25, 0.3) is 0 Å².